The molecule has 0 saturated carbocycles. The highest BCUT2D eigenvalue weighted by Gasteiger charge is 2.40. The molecule has 0 radical (unpaired) electrons. The number of carbonyl (C=O) groups excluding carboxylic acids is 1. The molecule has 0 aliphatic heterocycles. The maximum absolute atomic E-state index is 12.0. The molecule has 1 aliphatic rings. The number of nitriles is 1. The zero-order valence-electron chi connectivity index (χ0n) is 15.1. The van der Waals surface area contributed by atoms with Gasteiger partial charge in [-0.25, -0.2) is 4.79 Å². The van der Waals surface area contributed by atoms with Crippen LogP contribution in [0.2, 0.25) is 0 Å². The average molecular weight is 363 g/mol. The van der Waals surface area contributed by atoms with Crippen LogP contribution in [-0.4, -0.2) is 18.2 Å². The molecule has 1 unspecified atom stereocenters. The average Bonchev–Trinajstić information content (AvgIpc) is 2.73. The summed E-state index contributed by atoms with van der Waals surface area (Å²) < 4.78 is 10.6. The first-order chi connectivity index (χ1) is 13.1. The smallest absolute Gasteiger partial charge is 0.337 e. The third-order valence-electron chi connectivity index (χ3n) is 4.90. The Labute approximate surface area is 158 Å². The molecule has 0 fully saturated rings. The normalized spacial score (nSPS) is 19.3. The van der Waals surface area contributed by atoms with E-state index in [4.69, 9.17) is 9.47 Å². The van der Waals surface area contributed by atoms with E-state index in [9.17, 15) is 15.2 Å². The summed E-state index contributed by atoms with van der Waals surface area (Å²) in [6.07, 6.45) is 0.801. The number of allylic oxidation sites excluding steroid dienone is 1. The first-order valence-corrected chi connectivity index (χ1v) is 8.76. The number of benzene rings is 2. The molecule has 3 rings (SSSR count). The molecule has 0 heterocycles. The third-order valence-corrected chi connectivity index (χ3v) is 4.90. The fourth-order valence-corrected chi connectivity index (χ4v) is 3.32. The van der Waals surface area contributed by atoms with E-state index in [-0.39, 0.29) is 24.2 Å². The van der Waals surface area contributed by atoms with E-state index in [0.29, 0.717) is 18.8 Å². The lowest BCUT2D eigenvalue weighted by Gasteiger charge is -2.32. The van der Waals surface area contributed by atoms with E-state index in [1.165, 1.54) is 7.11 Å². The van der Waals surface area contributed by atoms with Gasteiger partial charge in [-0.2, -0.15) is 5.26 Å². The Bertz CT molecular complexity index is 898. The van der Waals surface area contributed by atoms with Crippen molar-refractivity contribution in [1.82, 2.24) is 0 Å². The molecule has 5 heteroatoms. The van der Waals surface area contributed by atoms with Crippen molar-refractivity contribution in [3.8, 4) is 11.8 Å². The maximum Gasteiger partial charge on any atom is 0.337 e. The van der Waals surface area contributed by atoms with Crippen LogP contribution in [0.5, 0.6) is 5.75 Å². The third kappa shape index (κ3) is 3.95. The standard InChI is InChI=1S/C22H21NO4/c1-26-21(25)19-13-22(15-23,11-10-20(19)24)17-8-5-9-18(12-17)27-14-16-6-3-2-4-7-16/h2-9,12,24H,10-11,13-14H2,1H3. The van der Waals surface area contributed by atoms with Gasteiger partial charge in [-0.15, -0.1) is 0 Å². The van der Waals surface area contributed by atoms with Crippen LogP contribution in [-0.2, 0) is 21.6 Å². The van der Waals surface area contributed by atoms with Crippen molar-refractivity contribution in [3.05, 3.63) is 77.1 Å². The molecule has 1 aliphatic carbocycles. The van der Waals surface area contributed by atoms with Gasteiger partial charge in [0.05, 0.1) is 24.2 Å². The minimum Gasteiger partial charge on any atom is -0.512 e. The summed E-state index contributed by atoms with van der Waals surface area (Å²) in [5.74, 6) is 0.0666. The van der Waals surface area contributed by atoms with Gasteiger partial charge in [0.1, 0.15) is 18.1 Å². The predicted molar refractivity (Wildman–Crippen MR) is 100 cm³/mol. The van der Waals surface area contributed by atoms with E-state index < -0.39 is 11.4 Å². The molecule has 2 aromatic rings. The fraction of sp³-hybridized carbons (Fsp3) is 0.273. The van der Waals surface area contributed by atoms with Crippen LogP contribution in [0.4, 0.5) is 0 Å². The number of aliphatic hydroxyl groups excluding tert-OH is 1. The Hall–Kier alpha value is -3.26. The lowest BCUT2D eigenvalue weighted by atomic mass is 9.70. The summed E-state index contributed by atoms with van der Waals surface area (Å²) in [4.78, 5) is 12.0. The van der Waals surface area contributed by atoms with Gasteiger partial charge in [-0.3, -0.25) is 0 Å². The molecular formula is C22H21NO4. The molecule has 1 atom stereocenters. The number of aliphatic hydroxyl groups is 1. The van der Waals surface area contributed by atoms with Crippen molar-refractivity contribution in [2.75, 3.05) is 7.11 Å². The van der Waals surface area contributed by atoms with E-state index >= 15 is 0 Å². The number of carbonyl (C=O) groups is 1. The zero-order valence-corrected chi connectivity index (χ0v) is 15.1. The highest BCUT2D eigenvalue weighted by atomic mass is 16.5. The number of nitrogens with zero attached hydrogens (tertiary/aromatic N) is 1. The van der Waals surface area contributed by atoms with Gasteiger partial charge >= 0.3 is 5.97 Å². The van der Waals surface area contributed by atoms with Crippen LogP contribution in [0.1, 0.15) is 30.4 Å². The van der Waals surface area contributed by atoms with Gasteiger partial charge in [0.25, 0.3) is 0 Å². The van der Waals surface area contributed by atoms with Crippen LogP contribution < -0.4 is 4.74 Å². The predicted octanol–water partition coefficient (Wildman–Crippen LogP) is 4.20. The molecule has 2 aromatic carbocycles. The Kier molecular flexibility index (Phi) is 5.46. The van der Waals surface area contributed by atoms with Gasteiger partial charge < -0.3 is 14.6 Å². The van der Waals surface area contributed by atoms with Crippen molar-refractivity contribution >= 4 is 5.97 Å². The maximum atomic E-state index is 12.0. The molecule has 138 valence electrons. The minimum absolute atomic E-state index is 0.00390. The molecule has 0 amide bonds. The van der Waals surface area contributed by atoms with Crippen LogP contribution in [0.3, 0.4) is 0 Å². The molecule has 0 saturated heterocycles. The minimum atomic E-state index is -0.901. The van der Waals surface area contributed by atoms with E-state index in [1.54, 1.807) is 0 Å². The fourth-order valence-electron chi connectivity index (χ4n) is 3.32. The number of rotatable bonds is 5. The van der Waals surface area contributed by atoms with Gasteiger partial charge in [0.15, 0.2) is 0 Å². The van der Waals surface area contributed by atoms with Crippen LogP contribution in [0.15, 0.2) is 65.9 Å². The SMILES string of the molecule is COC(=O)C1=C(O)CCC(C#N)(c2cccc(OCc3ccccc3)c2)C1. The molecule has 27 heavy (non-hydrogen) atoms. The van der Waals surface area contributed by atoms with Crippen molar-refractivity contribution in [2.24, 2.45) is 0 Å². The van der Waals surface area contributed by atoms with Crippen molar-refractivity contribution in [2.45, 2.75) is 31.3 Å². The largest absolute Gasteiger partial charge is 0.512 e. The Morgan fingerprint density at radius 3 is 2.70 bits per heavy atom. The summed E-state index contributed by atoms with van der Waals surface area (Å²) in [5, 5.41) is 20.0. The van der Waals surface area contributed by atoms with Gasteiger partial charge in [0, 0.05) is 12.8 Å². The summed E-state index contributed by atoms with van der Waals surface area (Å²) in [6, 6.07) is 19.6. The molecule has 0 bridgehead atoms. The number of esters is 1. The molecule has 1 N–H and O–H groups in total. The van der Waals surface area contributed by atoms with Crippen LogP contribution in [0, 0.1) is 11.3 Å². The second-order valence-corrected chi connectivity index (χ2v) is 6.59. The van der Waals surface area contributed by atoms with E-state index in [2.05, 4.69) is 6.07 Å². The quantitative estimate of drug-likeness (QED) is 0.806. The van der Waals surface area contributed by atoms with Gasteiger partial charge in [-0.1, -0.05) is 42.5 Å². The Balaban J connectivity index is 1.84. The van der Waals surface area contributed by atoms with Crippen molar-refractivity contribution < 1.29 is 19.4 Å². The molecule has 5 nitrogen and oxygen atoms in total. The summed E-state index contributed by atoms with van der Waals surface area (Å²) in [7, 11) is 1.27. The Morgan fingerprint density at radius 2 is 2.00 bits per heavy atom. The van der Waals surface area contributed by atoms with Crippen LogP contribution in [0.25, 0.3) is 0 Å². The number of ether oxygens (including phenoxy) is 2. The number of methoxy groups -OCH3 is 1. The summed E-state index contributed by atoms with van der Waals surface area (Å²) in [5.41, 5.74) is 1.09. The van der Waals surface area contributed by atoms with Crippen molar-refractivity contribution in [3.63, 3.8) is 0 Å². The summed E-state index contributed by atoms with van der Waals surface area (Å²) in [6.45, 7) is 0.429. The van der Waals surface area contributed by atoms with Crippen molar-refractivity contribution in [1.29, 1.82) is 5.26 Å². The first-order valence-electron chi connectivity index (χ1n) is 8.76. The second kappa shape index (κ2) is 7.96. The van der Waals surface area contributed by atoms with Gasteiger partial charge in [0.2, 0.25) is 0 Å². The second-order valence-electron chi connectivity index (χ2n) is 6.59. The molecule has 0 spiro atoms. The van der Waals surface area contributed by atoms with Gasteiger partial charge in [-0.05, 0) is 29.7 Å². The number of hydrogen-bond acceptors (Lipinski definition) is 5. The number of hydrogen-bond donors (Lipinski definition) is 1. The molecule has 0 aromatic heterocycles. The van der Waals surface area contributed by atoms with Crippen LogP contribution >= 0.6 is 0 Å². The zero-order chi connectivity index (χ0) is 19.3. The molecular weight excluding hydrogens is 342 g/mol. The van der Waals surface area contributed by atoms with E-state index in [0.717, 1.165) is 11.1 Å². The highest BCUT2D eigenvalue weighted by Crippen LogP contribution is 2.42. The Morgan fingerprint density at radius 1 is 1.22 bits per heavy atom. The van der Waals surface area contributed by atoms with E-state index in [1.807, 2.05) is 54.6 Å². The highest BCUT2D eigenvalue weighted by molar-refractivity contribution is 5.89. The lowest BCUT2D eigenvalue weighted by Crippen LogP contribution is -2.31. The monoisotopic (exact) mass is 363 g/mol. The summed E-state index contributed by atoms with van der Waals surface area (Å²) >= 11 is 0. The first kappa shape index (κ1) is 18.5. The lowest BCUT2D eigenvalue weighted by molar-refractivity contribution is -0.136. The topological polar surface area (TPSA) is 79.5 Å².